The van der Waals surface area contributed by atoms with Gasteiger partial charge in [0.25, 0.3) is 0 Å². The summed E-state index contributed by atoms with van der Waals surface area (Å²) in [6, 6.07) is 0. The van der Waals surface area contributed by atoms with Crippen LogP contribution in [0.15, 0.2) is 9.89 Å². The van der Waals surface area contributed by atoms with Gasteiger partial charge < -0.3 is 5.32 Å². The van der Waals surface area contributed by atoms with Crippen molar-refractivity contribution in [3.63, 3.8) is 0 Å². The van der Waals surface area contributed by atoms with Crippen LogP contribution in [0.3, 0.4) is 0 Å². The molecule has 0 spiro atoms. The summed E-state index contributed by atoms with van der Waals surface area (Å²) in [4.78, 5) is 0. The van der Waals surface area contributed by atoms with Gasteiger partial charge in [-0.2, -0.15) is 0 Å². The van der Waals surface area contributed by atoms with Crippen molar-refractivity contribution in [3.05, 3.63) is 9.89 Å². The average Bonchev–Trinajstić information content (AvgIpc) is 2.27. The summed E-state index contributed by atoms with van der Waals surface area (Å²) in [5.74, 6) is 0.785. The van der Waals surface area contributed by atoms with E-state index in [1.54, 1.807) is 0 Å². The number of hydrogen-bond acceptors (Lipinski definition) is 2. The van der Waals surface area contributed by atoms with E-state index in [0.717, 1.165) is 11.2 Å². The van der Waals surface area contributed by atoms with E-state index >= 15 is 0 Å². The largest absolute Gasteiger partial charge is 0.316 e. The van der Waals surface area contributed by atoms with Crippen molar-refractivity contribution in [2.45, 2.75) is 11.7 Å². The van der Waals surface area contributed by atoms with Gasteiger partial charge in [0.05, 0.1) is 0 Å². The maximum Gasteiger partial charge on any atom is 0.0469 e. The van der Waals surface area contributed by atoms with Crippen molar-refractivity contribution in [3.8, 4) is 0 Å². The van der Waals surface area contributed by atoms with Crippen LogP contribution in [0.4, 0.5) is 0 Å². The van der Waals surface area contributed by atoms with Crippen LogP contribution < -0.4 is 5.32 Å². The van der Waals surface area contributed by atoms with Crippen molar-refractivity contribution in [1.82, 2.24) is 5.32 Å². The first-order valence-electron chi connectivity index (χ1n) is 3.61. The summed E-state index contributed by atoms with van der Waals surface area (Å²) < 4.78 is 1.34. The molecule has 0 unspecified atom stereocenters. The number of nitrogens with one attached hydrogen (secondary N) is 1. The van der Waals surface area contributed by atoms with E-state index in [-0.39, 0.29) is 0 Å². The summed E-state index contributed by atoms with van der Waals surface area (Å²) >= 11 is 5.51. The first-order chi connectivity index (χ1) is 4.86. The average molecular weight is 220 g/mol. The molecule has 1 nitrogen and oxygen atoms in total. The SMILES string of the molecule is BrC1=C[C@H]2CNCC[C@@H]2S1. The fourth-order valence-corrected chi connectivity index (χ4v) is 3.71. The second kappa shape index (κ2) is 2.88. The number of halogens is 1. The fourth-order valence-electron chi connectivity index (χ4n) is 1.52. The predicted octanol–water partition coefficient (Wildman–Crippen LogP) is 1.95. The van der Waals surface area contributed by atoms with Crippen molar-refractivity contribution >= 4 is 27.7 Å². The molecule has 0 aromatic carbocycles. The molecule has 0 amide bonds. The first kappa shape index (κ1) is 7.19. The molecule has 1 saturated heterocycles. The zero-order chi connectivity index (χ0) is 6.97. The number of rotatable bonds is 0. The molecule has 0 bridgehead atoms. The third kappa shape index (κ3) is 1.27. The van der Waals surface area contributed by atoms with E-state index in [1.807, 2.05) is 11.8 Å². The minimum Gasteiger partial charge on any atom is -0.316 e. The molecule has 0 aromatic heterocycles. The van der Waals surface area contributed by atoms with Crippen LogP contribution in [0.1, 0.15) is 6.42 Å². The van der Waals surface area contributed by atoms with Crippen LogP contribution in [0.25, 0.3) is 0 Å². The molecule has 10 heavy (non-hydrogen) atoms. The lowest BCUT2D eigenvalue weighted by Crippen LogP contribution is -2.35. The lowest BCUT2D eigenvalue weighted by molar-refractivity contribution is 0.456. The Labute approximate surface area is 73.8 Å². The maximum atomic E-state index is 3.52. The Morgan fingerprint density at radius 2 is 2.60 bits per heavy atom. The zero-order valence-corrected chi connectivity index (χ0v) is 8.04. The molecule has 56 valence electrons. The summed E-state index contributed by atoms with van der Waals surface area (Å²) in [5, 5.41) is 4.26. The highest BCUT2D eigenvalue weighted by Gasteiger charge is 2.29. The van der Waals surface area contributed by atoms with Crippen LogP contribution >= 0.6 is 27.7 Å². The Hall–Kier alpha value is 0.530. The van der Waals surface area contributed by atoms with E-state index in [9.17, 15) is 0 Å². The Morgan fingerprint density at radius 1 is 1.70 bits per heavy atom. The number of thioether (sulfide) groups is 1. The highest BCUT2D eigenvalue weighted by molar-refractivity contribution is 9.14. The number of fused-ring (bicyclic) bond motifs is 1. The standard InChI is InChI=1S/C7H10BrNS/c8-7-3-5-4-9-2-1-6(5)10-7/h3,5-6,9H,1-2,4H2/t5-,6-/m0/s1. The Balaban J connectivity index is 2.06. The monoisotopic (exact) mass is 219 g/mol. The molecule has 2 aliphatic heterocycles. The zero-order valence-electron chi connectivity index (χ0n) is 5.64. The normalized spacial score (nSPS) is 39.1. The lowest BCUT2D eigenvalue weighted by atomic mass is 10.00. The van der Waals surface area contributed by atoms with Crippen LogP contribution in [-0.2, 0) is 0 Å². The second-order valence-electron chi connectivity index (χ2n) is 2.78. The molecule has 2 aliphatic rings. The molecule has 0 aromatic rings. The molecule has 0 saturated carbocycles. The van der Waals surface area contributed by atoms with E-state index in [2.05, 4.69) is 27.3 Å². The van der Waals surface area contributed by atoms with Crippen molar-refractivity contribution in [1.29, 1.82) is 0 Å². The van der Waals surface area contributed by atoms with Crippen LogP contribution in [0, 0.1) is 5.92 Å². The van der Waals surface area contributed by atoms with Gasteiger partial charge in [-0.05, 0) is 28.9 Å². The summed E-state index contributed by atoms with van der Waals surface area (Å²) in [5.41, 5.74) is 0. The Morgan fingerprint density at radius 3 is 3.40 bits per heavy atom. The molecule has 2 atom stereocenters. The smallest absolute Gasteiger partial charge is 0.0469 e. The molecular weight excluding hydrogens is 210 g/mol. The van der Waals surface area contributed by atoms with Gasteiger partial charge in [0.1, 0.15) is 0 Å². The van der Waals surface area contributed by atoms with Gasteiger partial charge in [-0.25, -0.2) is 0 Å². The lowest BCUT2D eigenvalue weighted by Gasteiger charge is -2.24. The van der Waals surface area contributed by atoms with Gasteiger partial charge in [-0.1, -0.05) is 6.08 Å². The topological polar surface area (TPSA) is 12.0 Å². The van der Waals surface area contributed by atoms with Gasteiger partial charge in [-0.15, -0.1) is 11.8 Å². The molecule has 2 heterocycles. The van der Waals surface area contributed by atoms with Crippen LogP contribution in [0.5, 0.6) is 0 Å². The van der Waals surface area contributed by atoms with E-state index < -0.39 is 0 Å². The third-order valence-corrected chi connectivity index (χ3v) is 4.15. The van der Waals surface area contributed by atoms with Gasteiger partial charge in [0, 0.05) is 21.5 Å². The van der Waals surface area contributed by atoms with Gasteiger partial charge >= 0.3 is 0 Å². The highest BCUT2D eigenvalue weighted by Crippen LogP contribution is 2.42. The second-order valence-corrected chi connectivity index (χ2v) is 5.44. The predicted molar refractivity (Wildman–Crippen MR) is 49.4 cm³/mol. The van der Waals surface area contributed by atoms with Crippen molar-refractivity contribution in [2.24, 2.45) is 5.92 Å². The Kier molecular flexibility index (Phi) is 2.07. The molecular formula is C7H10BrNS. The maximum absolute atomic E-state index is 3.52. The van der Waals surface area contributed by atoms with E-state index in [1.165, 1.54) is 23.3 Å². The molecule has 2 rings (SSSR count). The summed E-state index contributed by atoms with van der Waals surface area (Å²) in [6.07, 6.45) is 3.66. The van der Waals surface area contributed by atoms with Crippen LogP contribution in [0.2, 0.25) is 0 Å². The molecule has 1 fully saturated rings. The van der Waals surface area contributed by atoms with Crippen molar-refractivity contribution < 1.29 is 0 Å². The fraction of sp³-hybridized carbons (Fsp3) is 0.714. The summed E-state index contributed by atoms with van der Waals surface area (Å²) in [7, 11) is 0. The molecule has 1 N–H and O–H groups in total. The number of piperidine rings is 1. The molecule has 0 radical (unpaired) electrons. The molecule has 0 aliphatic carbocycles. The number of hydrogen-bond donors (Lipinski definition) is 1. The van der Waals surface area contributed by atoms with Gasteiger partial charge in [0.15, 0.2) is 0 Å². The van der Waals surface area contributed by atoms with Gasteiger partial charge in [0.2, 0.25) is 0 Å². The van der Waals surface area contributed by atoms with Crippen molar-refractivity contribution in [2.75, 3.05) is 13.1 Å². The van der Waals surface area contributed by atoms with Gasteiger partial charge in [-0.3, -0.25) is 0 Å². The quantitative estimate of drug-likeness (QED) is 0.669. The third-order valence-electron chi connectivity index (χ3n) is 2.07. The highest BCUT2D eigenvalue weighted by atomic mass is 79.9. The summed E-state index contributed by atoms with van der Waals surface area (Å²) in [6.45, 7) is 2.37. The minimum atomic E-state index is 0.785. The first-order valence-corrected chi connectivity index (χ1v) is 5.28. The minimum absolute atomic E-state index is 0.785. The van der Waals surface area contributed by atoms with Crippen LogP contribution in [-0.4, -0.2) is 18.3 Å². The Bertz CT molecular complexity index is 169. The molecule has 3 heteroatoms. The van der Waals surface area contributed by atoms with E-state index in [0.29, 0.717) is 0 Å². The van der Waals surface area contributed by atoms with E-state index in [4.69, 9.17) is 0 Å².